The Hall–Kier alpha value is -4.83. The average molecular weight is 574 g/mol. The summed E-state index contributed by atoms with van der Waals surface area (Å²) in [6.45, 7) is 1.79. The summed E-state index contributed by atoms with van der Waals surface area (Å²) in [5.74, 6) is -0.999. The molecule has 1 aliphatic heterocycles. The number of carboxylic acid groups (broad SMARTS) is 1. The van der Waals surface area contributed by atoms with Crippen LogP contribution in [0.2, 0.25) is 5.02 Å². The van der Waals surface area contributed by atoms with Gasteiger partial charge in [0.25, 0.3) is 5.91 Å². The highest BCUT2D eigenvalue weighted by atomic mass is 35.5. The van der Waals surface area contributed by atoms with Gasteiger partial charge in [0.15, 0.2) is 0 Å². The van der Waals surface area contributed by atoms with Crippen LogP contribution in [0, 0.1) is 0 Å². The first kappa shape index (κ1) is 27.7. The number of likely N-dealkylation sites (tertiary alicyclic amines) is 1. The van der Waals surface area contributed by atoms with Gasteiger partial charge in [-0.25, -0.2) is 4.79 Å². The monoisotopic (exact) mass is 573 g/mol. The third kappa shape index (κ3) is 6.02. The minimum Gasteiger partial charge on any atom is -0.465 e. The fraction of sp³-hybridized carbons (Fsp3) is 0.200. The van der Waals surface area contributed by atoms with Gasteiger partial charge in [0, 0.05) is 35.7 Å². The van der Waals surface area contributed by atoms with Crippen LogP contribution < -0.4 is 16.0 Å². The normalized spacial score (nSPS) is 15.4. The molecule has 0 bridgehead atoms. The Bertz CT molecular complexity index is 1620. The Labute approximate surface area is 240 Å². The lowest BCUT2D eigenvalue weighted by Crippen LogP contribution is -2.48. The number of aromatic amines is 1. The predicted molar refractivity (Wildman–Crippen MR) is 157 cm³/mol. The lowest BCUT2D eigenvalue weighted by atomic mass is 10.0. The van der Waals surface area contributed by atoms with Gasteiger partial charge in [0.05, 0.1) is 10.7 Å². The number of hydrogen-bond donors (Lipinski definition) is 5. The van der Waals surface area contributed by atoms with Crippen LogP contribution in [0.1, 0.15) is 31.4 Å². The zero-order valence-electron chi connectivity index (χ0n) is 22.1. The van der Waals surface area contributed by atoms with E-state index < -0.39 is 24.1 Å². The molecule has 3 aromatic carbocycles. The van der Waals surface area contributed by atoms with Gasteiger partial charge in [-0.05, 0) is 54.3 Å². The molecule has 1 aliphatic rings. The van der Waals surface area contributed by atoms with Gasteiger partial charge >= 0.3 is 6.09 Å². The van der Waals surface area contributed by atoms with Crippen LogP contribution in [0.5, 0.6) is 0 Å². The molecule has 10 nitrogen and oxygen atoms in total. The molecule has 5 N–H and O–H groups in total. The first-order chi connectivity index (χ1) is 19.7. The molecule has 4 aromatic rings. The number of nitrogens with zero attached hydrogens (tertiary/aromatic N) is 1. The molecule has 0 radical (unpaired) electrons. The highest BCUT2D eigenvalue weighted by molar-refractivity contribution is 6.38. The van der Waals surface area contributed by atoms with Crippen molar-refractivity contribution in [1.29, 1.82) is 0 Å². The van der Waals surface area contributed by atoms with Crippen molar-refractivity contribution in [1.82, 2.24) is 15.2 Å². The van der Waals surface area contributed by atoms with Crippen molar-refractivity contribution >= 4 is 57.7 Å². The second-order valence-electron chi connectivity index (χ2n) is 9.80. The largest absolute Gasteiger partial charge is 0.465 e. The van der Waals surface area contributed by atoms with Gasteiger partial charge in [0.2, 0.25) is 11.8 Å². The SMILES string of the molecule is CC(=O)Nc1ccc(-c2[nH]c3ccc(NC(=O)[C@@H]4CCCN4C(=O)C(NC(=O)O)c4ccccc4)cc3c2Cl)cc1. The van der Waals surface area contributed by atoms with Gasteiger partial charge in [-0.1, -0.05) is 54.1 Å². The fourth-order valence-electron chi connectivity index (χ4n) is 5.11. The Morgan fingerprint density at radius 2 is 1.68 bits per heavy atom. The number of hydrogen-bond acceptors (Lipinski definition) is 4. The number of fused-ring (bicyclic) bond motifs is 1. The number of benzene rings is 3. The molecule has 2 heterocycles. The van der Waals surface area contributed by atoms with Crippen molar-refractivity contribution in [3.63, 3.8) is 0 Å². The smallest absolute Gasteiger partial charge is 0.405 e. The number of rotatable bonds is 7. The van der Waals surface area contributed by atoms with Gasteiger partial charge in [-0.15, -0.1) is 0 Å². The lowest BCUT2D eigenvalue weighted by molar-refractivity contribution is -0.138. The maximum absolute atomic E-state index is 13.5. The summed E-state index contributed by atoms with van der Waals surface area (Å²) in [5.41, 5.74) is 3.99. The molecule has 1 saturated heterocycles. The maximum atomic E-state index is 13.5. The number of carbonyl (C=O) groups is 4. The van der Waals surface area contributed by atoms with E-state index in [-0.39, 0.29) is 11.8 Å². The van der Waals surface area contributed by atoms with Crippen molar-refractivity contribution in [3.8, 4) is 11.3 Å². The van der Waals surface area contributed by atoms with Gasteiger partial charge < -0.3 is 30.9 Å². The third-order valence-corrected chi connectivity index (χ3v) is 7.38. The molecule has 1 fully saturated rings. The highest BCUT2D eigenvalue weighted by Gasteiger charge is 2.38. The maximum Gasteiger partial charge on any atom is 0.405 e. The van der Waals surface area contributed by atoms with Crippen LogP contribution in [-0.4, -0.2) is 51.4 Å². The summed E-state index contributed by atoms with van der Waals surface area (Å²) in [7, 11) is 0. The topological polar surface area (TPSA) is 144 Å². The second kappa shape index (κ2) is 11.7. The van der Waals surface area contributed by atoms with Crippen molar-refractivity contribution in [2.75, 3.05) is 17.2 Å². The highest BCUT2D eigenvalue weighted by Crippen LogP contribution is 2.36. The van der Waals surface area contributed by atoms with Crippen LogP contribution >= 0.6 is 11.6 Å². The van der Waals surface area contributed by atoms with Crippen molar-refractivity contribution in [2.45, 2.75) is 31.8 Å². The van der Waals surface area contributed by atoms with E-state index >= 15 is 0 Å². The summed E-state index contributed by atoms with van der Waals surface area (Å²) in [6.07, 6.45) is -0.254. The number of H-pyrrole nitrogens is 1. The summed E-state index contributed by atoms with van der Waals surface area (Å²) in [4.78, 5) is 54.3. The second-order valence-corrected chi connectivity index (χ2v) is 10.2. The predicted octanol–water partition coefficient (Wildman–Crippen LogP) is 5.39. The fourth-order valence-corrected chi connectivity index (χ4v) is 5.42. The zero-order valence-corrected chi connectivity index (χ0v) is 22.9. The van der Waals surface area contributed by atoms with Crippen LogP contribution in [-0.2, 0) is 14.4 Å². The van der Waals surface area contributed by atoms with E-state index in [1.165, 1.54) is 11.8 Å². The van der Waals surface area contributed by atoms with Crippen LogP contribution in [0.3, 0.4) is 0 Å². The molecule has 1 unspecified atom stereocenters. The Morgan fingerprint density at radius 3 is 2.37 bits per heavy atom. The van der Waals surface area contributed by atoms with E-state index in [1.807, 2.05) is 18.2 Å². The van der Waals surface area contributed by atoms with E-state index in [0.717, 1.165) is 11.1 Å². The molecule has 210 valence electrons. The van der Waals surface area contributed by atoms with Crippen LogP contribution in [0.15, 0.2) is 72.8 Å². The summed E-state index contributed by atoms with van der Waals surface area (Å²) in [6, 6.07) is 19.3. The van der Waals surface area contributed by atoms with Gasteiger partial charge in [-0.2, -0.15) is 0 Å². The molecule has 1 aromatic heterocycles. The number of halogens is 1. The molecule has 4 amide bonds. The summed E-state index contributed by atoms with van der Waals surface area (Å²) in [5, 5.41) is 18.5. The molecular formula is C30H28ClN5O5. The third-order valence-electron chi connectivity index (χ3n) is 6.98. The first-order valence-electron chi connectivity index (χ1n) is 13.1. The van der Waals surface area contributed by atoms with Crippen LogP contribution in [0.25, 0.3) is 22.2 Å². The molecule has 0 saturated carbocycles. The van der Waals surface area contributed by atoms with E-state index in [4.69, 9.17) is 11.6 Å². The average Bonchev–Trinajstić information content (AvgIpc) is 3.57. The number of aromatic nitrogens is 1. The van der Waals surface area contributed by atoms with Crippen molar-refractivity contribution in [3.05, 3.63) is 83.4 Å². The van der Waals surface area contributed by atoms with Gasteiger partial charge in [0.1, 0.15) is 12.1 Å². The molecule has 0 spiro atoms. The Morgan fingerprint density at radius 1 is 0.976 bits per heavy atom. The van der Waals surface area contributed by atoms with E-state index in [0.29, 0.717) is 52.4 Å². The van der Waals surface area contributed by atoms with E-state index in [1.54, 1.807) is 54.6 Å². The summed E-state index contributed by atoms with van der Waals surface area (Å²) >= 11 is 6.73. The van der Waals surface area contributed by atoms with Crippen molar-refractivity contribution < 1.29 is 24.3 Å². The van der Waals surface area contributed by atoms with Crippen molar-refractivity contribution in [2.24, 2.45) is 0 Å². The number of amides is 4. The zero-order chi connectivity index (χ0) is 29.1. The van der Waals surface area contributed by atoms with Crippen LogP contribution in [0.4, 0.5) is 16.2 Å². The number of carbonyl (C=O) groups excluding carboxylic acids is 3. The molecule has 41 heavy (non-hydrogen) atoms. The molecule has 5 rings (SSSR count). The minimum absolute atomic E-state index is 0.158. The molecule has 11 heteroatoms. The summed E-state index contributed by atoms with van der Waals surface area (Å²) < 4.78 is 0. The Balaban J connectivity index is 1.34. The van der Waals surface area contributed by atoms with Gasteiger partial charge in [-0.3, -0.25) is 14.4 Å². The molecule has 2 atom stereocenters. The molecular weight excluding hydrogens is 546 g/mol. The first-order valence-corrected chi connectivity index (χ1v) is 13.4. The quantitative estimate of drug-likeness (QED) is 0.201. The van der Waals surface area contributed by atoms with E-state index in [9.17, 15) is 24.3 Å². The van der Waals surface area contributed by atoms with E-state index in [2.05, 4.69) is 20.9 Å². The minimum atomic E-state index is -1.33. The lowest BCUT2D eigenvalue weighted by Gasteiger charge is -2.28. The molecule has 0 aliphatic carbocycles. The Kier molecular flexibility index (Phi) is 7.93. The standard InChI is InChI=1S/C30H28ClN5O5/c1-17(37)32-20-11-9-19(10-12-20)26-25(31)22-16-21(13-14-23(22)34-26)33-28(38)24-8-5-15-36(24)29(39)27(35-30(40)41)18-6-3-2-4-7-18/h2-4,6-7,9-14,16,24,27,34-35H,5,8,15H2,1H3,(H,32,37)(H,33,38)(H,40,41)/t24-,27?/m0/s1. The number of anilines is 2. The number of nitrogens with one attached hydrogen (secondary N) is 4.